The van der Waals surface area contributed by atoms with Crippen LogP contribution in [-0.2, 0) is 24.6 Å². The molecule has 0 bridgehead atoms. The number of hydrogen-bond acceptors (Lipinski definition) is 12. The van der Waals surface area contributed by atoms with Crippen LogP contribution in [0.4, 0.5) is 29.3 Å². The summed E-state index contributed by atoms with van der Waals surface area (Å²) in [6.07, 6.45) is 9.52. The van der Waals surface area contributed by atoms with E-state index >= 15 is 0 Å². The first-order valence-corrected chi connectivity index (χ1v) is 29.5. The number of alkyl halides is 3. The third-order valence-electron chi connectivity index (χ3n) is 15.2. The zero-order valence-electron chi connectivity index (χ0n) is 41.8. The van der Waals surface area contributed by atoms with Crippen molar-refractivity contribution in [1.29, 1.82) is 0 Å². The fourth-order valence-corrected chi connectivity index (χ4v) is 14.1. The summed E-state index contributed by atoms with van der Waals surface area (Å²) in [6, 6.07) is 27.9. The van der Waals surface area contributed by atoms with Crippen LogP contribution in [0.15, 0.2) is 112 Å². The number of piperazine rings is 1. The number of carbonyl (C=O) groups excluding carboxylic acids is 2. The Balaban J connectivity index is 0.827. The maximum absolute atomic E-state index is 14.3. The summed E-state index contributed by atoms with van der Waals surface area (Å²) >= 11 is 1.42. The molecule has 2 aliphatic carbocycles. The SMILES string of the molecule is CC(C)(C)OC(=O)N1CCN(CC[C@H](CSc2ccccc2)Nc2ccc(S(=O)(=O)NC(=O)c3ccc(N4CCC5(CC4)CC(N4CCC[C@H]4c4ccccc4C4CC4)C5)cc3)cc2S(=O)(=O)C(F)(F)F)CC1. The van der Waals surface area contributed by atoms with Gasteiger partial charge < -0.3 is 19.9 Å². The fraction of sp³-hybridized carbons (Fsp3) is 0.519. The van der Waals surface area contributed by atoms with Crippen LogP contribution in [0.3, 0.4) is 0 Å². The first-order chi connectivity index (χ1) is 34.7. The number of hydrogen-bond donors (Lipinski definition) is 2. The van der Waals surface area contributed by atoms with Crippen LogP contribution in [0, 0.1) is 5.41 Å². The Morgan fingerprint density at radius 2 is 1.45 bits per heavy atom. The molecule has 13 nitrogen and oxygen atoms in total. The molecule has 3 aliphatic heterocycles. The number of halogens is 3. The number of sulfonamides is 1. The first kappa shape index (κ1) is 53.0. The Bertz CT molecular complexity index is 2820. The second kappa shape index (κ2) is 21.4. The molecule has 0 aromatic heterocycles. The quantitative estimate of drug-likeness (QED) is 0.103. The molecule has 4 aromatic carbocycles. The average Bonchev–Trinajstić information content (AvgIpc) is 4.09. The van der Waals surface area contributed by atoms with Gasteiger partial charge in [0.1, 0.15) is 10.5 Å². The van der Waals surface area contributed by atoms with E-state index in [2.05, 4.69) is 44.3 Å². The van der Waals surface area contributed by atoms with E-state index in [9.17, 15) is 39.6 Å². The minimum atomic E-state index is -6.10. The summed E-state index contributed by atoms with van der Waals surface area (Å²) in [6.45, 7) is 10.6. The summed E-state index contributed by atoms with van der Waals surface area (Å²) in [7, 11) is -11.0. The number of thioether (sulfide) groups is 1. The number of nitrogens with zero attached hydrogens (tertiary/aromatic N) is 4. The number of rotatable bonds is 16. The molecule has 0 radical (unpaired) electrons. The average molecular weight is 1070 g/mol. The lowest BCUT2D eigenvalue weighted by molar-refractivity contribution is -0.0436. The van der Waals surface area contributed by atoms with Crippen LogP contribution < -0.4 is 14.9 Å². The molecular formula is C54H67F3N6O7S3. The van der Waals surface area contributed by atoms with Gasteiger partial charge in [-0.05, 0) is 162 Å². The normalized spacial score (nSPS) is 20.7. The zero-order valence-corrected chi connectivity index (χ0v) is 44.2. The van der Waals surface area contributed by atoms with Crippen LogP contribution in [0.5, 0.6) is 0 Å². The number of carbonyl (C=O) groups is 2. The van der Waals surface area contributed by atoms with Gasteiger partial charge in [0.05, 0.1) is 10.6 Å². The molecule has 3 heterocycles. The van der Waals surface area contributed by atoms with E-state index in [4.69, 9.17) is 4.74 Å². The van der Waals surface area contributed by atoms with E-state index in [0.29, 0.717) is 68.5 Å². The van der Waals surface area contributed by atoms with E-state index in [1.54, 1.807) is 43.4 Å². The van der Waals surface area contributed by atoms with E-state index < -0.39 is 64.5 Å². The van der Waals surface area contributed by atoms with Gasteiger partial charge in [0.2, 0.25) is 0 Å². The van der Waals surface area contributed by atoms with Gasteiger partial charge in [-0.1, -0.05) is 42.5 Å². The smallest absolute Gasteiger partial charge is 0.444 e. The molecule has 394 valence electrons. The molecule has 0 unspecified atom stereocenters. The van der Waals surface area contributed by atoms with E-state index in [1.165, 1.54) is 68.0 Å². The van der Waals surface area contributed by atoms with Crippen LogP contribution in [-0.4, -0.2) is 125 Å². The van der Waals surface area contributed by atoms with Gasteiger partial charge in [-0.2, -0.15) is 13.2 Å². The predicted octanol–water partition coefficient (Wildman–Crippen LogP) is 10.1. The number of nitrogens with one attached hydrogen (secondary N) is 2. The largest absolute Gasteiger partial charge is 0.501 e. The number of piperidine rings is 1. The van der Waals surface area contributed by atoms with Crippen molar-refractivity contribution in [1.82, 2.24) is 19.4 Å². The topological polar surface area (TPSA) is 149 Å². The van der Waals surface area contributed by atoms with Crippen molar-refractivity contribution < 1.29 is 44.3 Å². The van der Waals surface area contributed by atoms with Crippen LogP contribution >= 0.6 is 11.8 Å². The number of likely N-dealkylation sites (tertiary alicyclic amines) is 1. The van der Waals surface area contributed by atoms with Crippen LogP contribution in [0.2, 0.25) is 0 Å². The minimum Gasteiger partial charge on any atom is -0.444 e. The van der Waals surface area contributed by atoms with Crippen molar-refractivity contribution in [2.75, 3.05) is 68.3 Å². The van der Waals surface area contributed by atoms with E-state index in [-0.39, 0.29) is 5.56 Å². The van der Waals surface area contributed by atoms with E-state index in [0.717, 1.165) is 61.1 Å². The van der Waals surface area contributed by atoms with Crippen molar-refractivity contribution in [3.8, 4) is 0 Å². The lowest BCUT2D eigenvalue weighted by Gasteiger charge is -2.56. The Morgan fingerprint density at radius 3 is 2.10 bits per heavy atom. The molecule has 9 rings (SSSR count). The van der Waals surface area contributed by atoms with Crippen molar-refractivity contribution in [2.45, 2.75) is 128 Å². The lowest BCUT2D eigenvalue weighted by atomic mass is 9.59. The minimum absolute atomic E-state index is 0.0116. The molecule has 19 heteroatoms. The summed E-state index contributed by atoms with van der Waals surface area (Å²) in [4.78, 5) is 33.7. The number of sulfone groups is 1. The molecule has 5 fully saturated rings. The maximum Gasteiger partial charge on any atom is 0.501 e. The second-order valence-corrected chi connectivity index (χ2v) is 26.2. The molecule has 2 amide bonds. The highest BCUT2D eigenvalue weighted by atomic mass is 32.2. The molecule has 3 saturated heterocycles. The fourth-order valence-electron chi connectivity index (χ4n) is 11.1. The molecule has 2 saturated carbocycles. The van der Waals surface area contributed by atoms with Crippen LogP contribution in [0.1, 0.15) is 112 Å². The summed E-state index contributed by atoms with van der Waals surface area (Å²) < 4.78 is 104. The van der Waals surface area contributed by atoms with Gasteiger partial charge in [-0.3, -0.25) is 14.6 Å². The highest BCUT2D eigenvalue weighted by Crippen LogP contribution is 2.55. The molecule has 2 atom stereocenters. The standard InChI is InChI=1S/C54H67F3N6O7S3/c1-52(2,3)70-51(65)62-32-30-60(31-33-62)27-23-40(37-71-43-10-5-4-6-11-43)58-47-22-21-44(34-49(47)72(66,67)54(55,56)57)73(68,69)59-50(64)39-17-19-41(20-18-39)61-28-24-53(25-29-61)35-42(36-53)63-26-9-14-48(63)46-13-8-7-12-45(46)38-15-16-38/h4-8,10-13,17-22,34,38,40,42,48,58H,9,14-16,23-33,35-37H2,1-3H3,(H,59,64)/t40-,48+/m1/s1. The summed E-state index contributed by atoms with van der Waals surface area (Å²) in [5.41, 5.74) is -2.53. The Hall–Kier alpha value is -4.82. The van der Waals surface area contributed by atoms with Gasteiger partial charge >= 0.3 is 11.6 Å². The second-order valence-electron chi connectivity index (χ2n) is 21.5. The van der Waals surface area contributed by atoms with Gasteiger partial charge in [0, 0.05) is 85.8 Å². The van der Waals surface area contributed by atoms with Crippen molar-refractivity contribution in [2.24, 2.45) is 5.41 Å². The first-order valence-electron chi connectivity index (χ1n) is 25.5. The molecule has 1 spiro atoms. The van der Waals surface area contributed by atoms with Crippen molar-refractivity contribution >= 4 is 55.0 Å². The number of anilines is 2. The van der Waals surface area contributed by atoms with Gasteiger partial charge in [0.15, 0.2) is 0 Å². The van der Waals surface area contributed by atoms with Crippen molar-refractivity contribution in [3.05, 3.63) is 114 Å². The van der Waals surface area contributed by atoms with Crippen LogP contribution in [0.25, 0.3) is 0 Å². The van der Waals surface area contributed by atoms with Gasteiger partial charge in [-0.15, -0.1) is 11.8 Å². The highest BCUT2D eigenvalue weighted by Gasteiger charge is 2.51. The lowest BCUT2D eigenvalue weighted by Crippen LogP contribution is -2.54. The Morgan fingerprint density at radius 1 is 0.795 bits per heavy atom. The van der Waals surface area contributed by atoms with Gasteiger partial charge in [-0.25, -0.2) is 26.4 Å². The third kappa shape index (κ3) is 12.5. The monoisotopic (exact) mass is 1060 g/mol. The molecule has 73 heavy (non-hydrogen) atoms. The zero-order chi connectivity index (χ0) is 51.8. The van der Waals surface area contributed by atoms with Crippen molar-refractivity contribution in [3.63, 3.8) is 0 Å². The maximum atomic E-state index is 14.3. The Labute approximate surface area is 432 Å². The highest BCUT2D eigenvalue weighted by molar-refractivity contribution is 7.99. The predicted molar refractivity (Wildman–Crippen MR) is 278 cm³/mol. The molecular weight excluding hydrogens is 998 g/mol. The van der Waals surface area contributed by atoms with E-state index in [1.807, 2.05) is 35.1 Å². The molecule has 4 aromatic rings. The molecule has 5 aliphatic rings. The number of benzene rings is 4. The Kier molecular flexibility index (Phi) is 15.6. The van der Waals surface area contributed by atoms with Gasteiger partial charge in [0.25, 0.3) is 25.8 Å². The number of ether oxygens (including phenoxy) is 1. The summed E-state index contributed by atoms with van der Waals surface area (Å²) in [5, 5.41) is 3.00. The number of amides is 2. The third-order valence-corrected chi connectivity index (χ3v) is 19.3. The molecule has 2 N–H and O–H groups in total. The summed E-state index contributed by atoms with van der Waals surface area (Å²) in [5.74, 6) is 0.0280.